The van der Waals surface area contributed by atoms with Crippen molar-refractivity contribution in [2.75, 3.05) is 19.7 Å². The average Bonchev–Trinajstić information content (AvgIpc) is 3.24. The Bertz CT molecular complexity index is 1090. The molecule has 4 rings (SSSR count). The number of hydrogen-bond donors (Lipinski definition) is 2. The summed E-state index contributed by atoms with van der Waals surface area (Å²) < 4.78 is 34.2. The lowest BCUT2D eigenvalue weighted by atomic mass is 9.98. The number of carbonyl (C=O) groups is 3. The van der Waals surface area contributed by atoms with Gasteiger partial charge in [0, 0.05) is 18.5 Å². The second-order valence-electron chi connectivity index (χ2n) is 9.08. The molecule has 1 saturated carbocycles. The van der Waals surface area contributed by atoms with Gasteiger partial charge in [-0.1, -0.05) is 55.5 Å². The van der Waals surface area contributed by atoms with E-state index in [1.165, 1.54) is 0 Å². The number of carboxylic acid groups (broad SMARTS) is 1. The second kappa shape index (κ2) is 9.64. The molecule has 3 unspecified atom stereocenters. The van der Waals surface area contributed by atoms with Gasteiger partial charge in [-0.25, -0.2) is 13.6 Å². The number of hydrogen-bond acceptors (Lipinski definition) is 4. The van der Waals surface area contributed by atoms with Crippen molar-refractivity contribution in [1.29, 1.82) is 0 Å². The molecule has 7 nitrogen and oxygen atoms in total. The van der Waals surface area contributed by atoms with E-state index >= 15 is 0 Å². The molecular formula is C26H28F2N2O5. The predicted molar refractivity (Wildman–Crippen MR) is 124 cm³/mol. The Morgan fingerprint density at radius 2 is 1.66 bits per heavy atom. The van der Waals surface area contributed by atoms with E-state index in [0.717, 1.165) is 27.2 Å². The minimum absolute atomic E-state index is 0.0453. The maximum Gasteiger partial charge on any atom is 0.407 e. The van der Waals surface area contributed by atoms with Crippen LogP contribution >= 0.6 is 0 Å². The number of rotatable bonds is 9. The number of alkyl halides is 2. The minimum atomic E-state index is -3.32. The van der Waals surface area contributed by atoms with Gasteiger partial charge in [-0.05, 0) is 35.6 Å². The van der Waals surface area contributed by atoms with E-state index in [1.807, 2.05) is 48.5 Å². The number of fused-ring (bicyclic) bond motifs is 3. The SMILES string of the molecule is CCC(C)N(CC(=O)O)C(=O)C1C(CNC(=O)OCC2c3ccccc3-c3ccccc32)C1(F)F. The summed E-state index contributed by atoms with van der Waals surface area (Å²) in [7, 11) is 0. The molecule has 2 aromatic rings. The second-order valence-corrected chi connectivity index (χ2v) is 9.08. The van der Waals surface area contributed by atoms with Crippen molar-refractivity contribution in [3.8, 4) is 11.1 Å². The monoisotopic (exact) mass is 486 g/mol. The zero-order valence-corrected chi connectivity index (χ0v) is 19.5. The van der Waals surface area contributed by atoms with Gasteiger partial charge < -0.3 is 20.1 Å². The quantitative estimate of drug-likeness (QED) is 0.556. The van der Waals surface area contributed by atoms with Gasteiger partial charge >= 0.3 is 12.1 Å². The zero-order valence-electron chi connectivity index (χ0n) is 19.5. The molecule has 2 aliphatic rings. The highest BCUT2D eigenvalue weighted by Crippen LogP contribution is 2.56. The molecule has 35 heavy (non-hydrogen) atoms. The van der Waals surface area contributed by atoms with Crippen LogP contribution in [-0.4, -0.2) is 59.6 Å². The Balaban J connectivity index is 1.35. The maximum atomic E-state index is 14.4. The summed E-state index contributed by atoms with van der Waals surface area (Å²) in [6, 6.07) is 15.2. The van der Waals surface area contributed by atoms with Gasteiger partial charge in [-0.15, -0.1) is 0 Å². The fraction of sp³-hybridized carbons (Fsp3) is 0.423. The molecule has 0 saturated heterocycles. The Morgan fingerprint density at radius 3 is 2.20 bits per heavy atom. The third-order valence-electron chi connectivity index (χ3n) is 6.99. The summed E-state index contributed by atoms with van der Waals surface area (Å²) in [5, 5.41) is 11.4. The number of carbonyl (C=O) groups excluding carboxylic acids is 2. The molecule has 2 aromatic carbocycles. The lowest BCUT2D eigenvalue weighted by molar-refractivity contribution is -0.147. The van der Waals surface area contributed by atoms with E-state index < -0.39 is 54.9 Å². The third-order valence-corrected chi connectivity index (χ3v) is 6.99. The maximum absolute atomic E-state index is 14.4. The number of aliphatic carboxylic acids is 1. The Morgan fingerprint density at radius 1 is 1.09 bits per heavy atom. The van der Waals surface area contributed by atoms with Crippen molar-refractivity contribution in [1.82, 2.24) is 10.2 Å². The van der Waals surface area contributed by atoms with Crippen LogP contribution < -0.4 is 5.32 Å². The number of nitrogens with zero attached hydrogens (tertiary/aromatic N) is 1. The molecule has 0 spiro atoms. The third kappa shape index (κ3) is 4.72. The first-order chi connectivity index (χ1) is 16.7. The van der Waals surface area contributed by atoms with Crippen LogP contribution in [0.15, 0.2) is 48.5 Å². The normalized spacial score (nSPS) is 20.3. The molecule has 0 bridgehead atoms. The van der Waals surface area contributed by atoms with E-state index in [0.29, 0.717) is 6.42 Å². The first-order valence-corrected chi connectivity index (χ1v) is 11.7. The molecule has 0 aromatic heterocycles. The van der Waals surface area contributed by atoms with Crippen LogP contribution in [0.2, 0.25) is 0 Å². The molecule has 2 N–H and O–H groups in total. The van der Waals surface area contributed by atoms with Crippen molar-refractivity contribution >= 4 is 18.0 Å². The van der Waals surface area contributed by atoms with Crippen LogP contribution in [0.3, 0.4) is 0 Å². The topological polar surface area (TPSA) is 95.9 Å². The Kier molecular flexibility index (Phi) is 6.78. The summed E-state index contributed by atoms with van der Waals surface area (Å²) in [5.74, 6) is -8.73. The van der Waals surface area contributed by atoms with E-state index in [-0.39, 0.29) is 12.5 Å². The highest BCUT2D eigenvalue weighted by molar-refractivity contribution is 5.87. The zero-order chi connectivity index (χ0) is 25.3. The summed E-state index contributed by atoms with van der Waals surface area (Å²) in [6.07, 6.45) is -0.412. The fourth-order valence-electron chi connectivity index (χ4n) is 4.82. The number of ether oxygens (including phenoxy) is 1. The van der Waals surface area contributed by atoms with Crippen LogP contribution in [0.4, 0.5) is 13.6 Å². The molecule has 0 heterocycles. The lowest BCUT2D eigenvalue weighted by Gasteiger charge is -2.27. The summed E-state index contributed by atoms with van der Waals surface area (Å²) in [4.78, 5) is 37.1. The van der Waals surface area contributed by atoms with Gasteiger partial charge in [0.25, 0.3) is 5.92 Å². The van der Waals surface area contributed by atoms with E-state index in [4.69, 9.17) is 9.84 Å². The van der Waals surface area contributed by atoms with Gasteiger partial charge in [-0.2, -0.15) is 0 Å². The first-order valence-electron chi connectivity index (χ1n) is 11.7. The first kappa shape index (κ1) is 24.6. The number of benzene rings is 2. The number of halogens is 2. The van der Waals surface area contributed by atoms with Crippen LogP contribution in [-0.2, 0) is 14.3 Å². The Labute approximate surface area is 202 Å². The van der Waals surface area contributed by atoms with Crippen molar-refractivity contribution in [2.24, 2.45) is 11.8 Å². The van der Waals surface area contributed by atoms with Crippen LogP contribution in [0, 0.1) is 11.8 Å². The van der Waals surface area contributed by atoms with Crippen molar-refractivity contribution in [3.63, 3.8) is 0 Å². The number of alkyl carbamates (subject to hydrolysis) is 1. The minimum Gasteiger partial charge on any atom is -0.480 e. The van der Waals surface area contributed by atoms with Crippen molar-refractivity contribution < 1.29 is 33.0 Å². The average molecular weight is 487 g/mol. The molecule has 2 aliphatic carbocycles. The van der Waals surface area contributed by atoms with Gasteiger partial charge in [-0.3, -0.25) is 9.59 Å². The lowest BCUT2D eigenvalue weighted by Crippen LogP contribution is -2.43. The molecule has 3 atom stereocenters. The highest BCUT2D eigenvalue weighted by Gasteiger charge is 2.72. The van der Waals surface area contributed by atoms with Crippen LogP contribution in [0.5, 0.6) is 0 Å². The molecule has 186 valence electrons. The van der Waals surface area contributed by atoms with E-state index in [9.17, 15) is 23.2 Å². The summed E-state index contributed by atoms with van der Waals surface area (Å²) in [6.45, 7) is 2.32. The number of carboxylic acids is 1. The standard InChI is InChI=1S/C26H28F2N2O5/c1-3-15(2)30(13-22(31)32)24(33)23-21(26(23,27)28)12-29-25(34)35-14-20-18-10-6-4-8-16(18)17-9-5-7-11-19(17)20/h4-11,15,20-21,23H,3,12-14H2,1-2H3,(H,29,34)(H,31,32). The Hall–Kier alpha value is -3.49. The summed E-state index contributed by atoms with van der Waals surface area (Å²) >= 11 is 0. The van der Waals surface area contributed by atoms with Crippen LogP contribution in [0.25, 0.3) is 11.1 Å². The largest absolute Gasteiger partial charge is 0.480 e. The highest BCUT2D eigenvalue weighted by atomic mass is 19.3. The molecular weight excluding hydrogens is 458 g/mol. The van der Waals surface area contributed by atoms with Gasteiger partial charge in [0.1, 0.15) is 19.1 Å². The number of nitrogens with one attached hydrogen (secondary N) is 1. The van der Waals surface area contributed by atoms with Gasteiger partial charge in [0.15, 0.2) is 0 Å². The fourth-order valence-corrected chi connectivity index (χ4v) is 4.82. The molecule has 1 fully saturated rings. The van der Waals surface area contributed by atoms with E-state index in [1.54, 1.807) is 13.8 Å². The van der Waals surface area contributed by atoms with Gasteiger partial charge in [0.2, 0.25) is 5.91 Å². The van der Waals surface area contributed by atoms with Crippen molar-refractivity contribution in [3.05, 3.63) is 59.7 Å². The van der Waals surface area contributed by atoms with E-state index in [2.05, 4.69) is 5.32 Å². The molecule has 2 amide bonds. The smallest absolute Gasteiger partial charge is 0.407 e. The number of amides is 2. The van der Waals surface area contributed by atoms with Crippen molar-refractivity contribution in [2.45, 2.75) is 38.2 Å². The van der Waals surface area contributed by atoms with Gasteiger partial charge in [0.05, 0.1) is 5.92 Å². The predicted octanol–water partition coefficient (Wildman–Crippen LogP) is 4.12. The molecule has 0 radical (unpaired) electrons. The molecule has 9 heteroatoms. The summed E-state index contributed by atoms with van der Waals surface area (Å²) in [5.41, 5.74) is 4.21. The molecule has 0 aliphatic heterocycles. The van der Waals surface area contributed by atoms with Crippen LogP contribution in [0.1, 0.15) is 37.3 Å².